The lowest BCUT2D eigenvalue weighted by Crippen LogP contribution is -2.78. The van der Waals surface area contributed by atoms with Crippen LogP contribution in [0, 0.1) is 0 Å². The van der Waals surface area contributed by atoms with E-state index in [-0.39, 0.29) is 12.0 Å². The quantitative estimate of drug-likeness (QED) is 0.172. The molecular weight excluding hydrogens is 156 g/mol. The van der Waals surface area contributed by atoms with E-state index in [0.717, 1.165) is 12.8 Å². The monoisotopic (exact) mass is 175 g/mol. The van der Waals surface area contributed by atoms with Crippen LogP contribution in [0.5, 0.6) is 0 Å². The molecule has 0 fully saturated rings. The van der Waals surface area contributed by atoms with Gasteiger partial charge in [0.15, 0.2) is 0 Å². The van der Waals surface area contributed by atoms with Crippen molar-refractivity contribution in [3.63, 3.8) is 0 Å². The van der Waals surface area contributed by atoms with Crippen molar-refractivity contribution >= 4 is 5.96 Å². The van der Waals surface area contributed by atoms with E-state index in [2.05, 4.69) is 4.99 Å². The van der Waals surface area contributed by atoms with Gasteiger partial charge in [0, 0.05) is 6.04 Å². The zero-order valence-electron chi connectivity index (χ0n) is 7.46. The molecular formula is C7H19N4O+. The van der Waals surface area contributed by atoms with Gasteiger partial charge in [-0.2, -0.15) is 0 Å². The second-order valence-corrected chi connectivity index (χ2v) is 2.93. The Hall–Kier alpha value is -0.810. The van der Waals surface area contributed by atoms with E-state index in [9.17, 15) is 0 Å². The van der Waals surface area contributed by atoms with Crippen molar-refractivity contribution in [1.29, 1.82) is 0 Å². The first-order chi connectivity index (χ1) is 5.54. The first kappa shape index (κ1) is 11.2. The molecule has 5 heteroatoms. The minimum atomic E-state index is -0.454. The van der Waals surface area contributed by atoms with E-state index in [4.69, 9.17) is 22.3 Å². The number of rotatable bonds is 5. The SMILES string of the molecule is CC(O)C(N)CCC[NH+]=C(N)N. The normalized spacial score (nSPS) is 15.2. The highest BCUT2D eigenvalue weighted by molar-refractivity contribution is 5.69. The lowest BCUT2D eigenvalue weighted by atomic mass is 10.1. The molecule has 0 rings (SSSR count). The Balaban J connectivity index is 3.38. The highest BCUT2D eigenvalue weighted by Gasteiger charge is 2.07. The van der Waals surface area contributed by atoms with Gasteiger partial charge in [-0.15, -0.1) is 0 Å². The van der Waals surface area contributed by atoms with E-state index in [0.29, 0.717) is 6.54 Å². The fraction of sp³-hybridized carbons (Fsp3) is 0.857. The molecule has 0 saturated heterocycles. The molecule has 0 aliphatic rings. The molecule has 0 saturated carbocycles. The third-order valence-corrected chi connectivity index (χ3v) is 1.66. The molecule has 0 aliphatic carbocycles. The topological polar surface area (TPSA) is 112 Å². The number of nitrogens with one attached hydrogen (secondary N) is 1. The van der Waals surface area contributed by atoms with Gasteiger partial charge in [-0.05, 0) is 19.8 Å². The molecule has 12 heavy (non-hydrogen) atoms. The van der Waals surface area contributed by atoms with Crippen molar-refractivity contribution in [3.8, 4) is 0 Å². The van der Waals surface area contributed by atoms with Crippen LogP contribution in [0.15, 0.2) is 0 Å². The molecule has 0 aromatic heterocycles. The third kappa shape index (κ3) is 5.94. The van der Waals surface area contributed by atoms with E-state index in [1.807, 2.05) is 0 Å². The van der Waals surface area contributed by atoms with Crippen molar-refractivity contribution < 1.29 is 10.1 Å². The summed E-state index contributed by atoms with van der Waals surface area (Å²) in [5, 5.41) is 9.03. The van der Waals surface area contributed by atoms with Gasteiger partial charge in [-0.3, -0.25) is 16.5 Å². The fourth-order valence-electron chi connectivity index (χ4n) is 0.812. The van der Waals surface area contributed by atoms with Crippen LogP contribution >= 0.6 is 0 Å². The minimum Gasteiger partial charge on any atom is -0.392 e. The predicted octanol–water partition coefficient (Wildman–Crippen LogP) is -3.17. The van der Waals surface area contributed by atoms with Crippen LogP contribution in [-0.2, 0) is 0 Å². The Bertz CT molecular complexity index is 142. The summed E-state index contributed by atoms with van der Waals surface area (Å²) >= 11 is 0. The van der Waals surface area contributed by atoms with Gasteiger partial charge >= 0.3 is 5.96 Å². The van der Waals surface area contributed by atoms with Crippen molar-refractivity contribution in [2.24, 2.45) is 17.2 Å². The number of aliphatic hydroxyl groups is 1. The fourth-order valence-corrected chi connectivity index (χ4v) is 0.812. The minimum absolute atomic E-state index is 0.161. The third-order valence-electron chi connectivity index (χ3n) is 1.66. The summed E-state index contributed by atoms with van der Waals surface area (Å²) in [6.07, 6.45) is 1.16. The average molecular weight is 175 g/mol. The van der Waals surface area contributed by atoms with Crippen LogP contribution in [0.2, 0.25) is 0 Å². The Morgan fingerprint density at radius 1 is 1.50 bits per heavy atom. The Labute approximate surface area is 72.6 Å². The van der Waals surface area contributed by atoms with Gasteiger partial charge in [0.05, 0.1) is 12.6 Å². The number of aliphatic hydroxyl groups excluding tert-OH is 1. The van der Waals surface area contributed by atoms with E-state index in [1.165, 1.54) is 0 Å². The van der Waals surface area contributed by atoms with Gasteiger partial charge < -0.3 is 10.8 Å². The zero-order chi connectivity index (χ0) is 9.56. The molecule has 72 valence electrons. The van der Waals surface area contributed by atoms with Crippen molar-refractivity contribution in [2.75, 3.05) is 6.54 Å². The van der Waals surface area contributed by atoms with Gasteiger partial charge in [-0.1, -0.05) is 0 Å². The van der Waals surface area contributed by atoms with Crippen molar-refractivity contribution in [2.45, 2.75) is 31.9 Å². The zero-order valence-corrected chi connectivity index (χ0v) is 7.46. The van der Waals surface area contributed by atoms with Crippen LogP contribution in [0.1, 0.15) is 19.8 Å². The van der Waals surface area contributed by atoms with E-state index in [1.54, 1.807) is 6.92 Å². The maximum Gasteiger partial charge on any atom is 0.338 e. The number of guanidine groups is 1. The molecule has 0 aliphatic heterocycles. The Morgan fingerprint density at radius 2 is 2.08 bits per heavy atom. The molecule has 2 unspecified atom stereocenters. The van der Waals surface area contributed by atoms with Gasteiger partial charge in [0.2, 0.25) is 0 Å². The second kappa shape index (κ2) is 5.79. The maximum absolute atomic E-state index is 9.03. The molecule has 8 N–H and O–H groups in total. The largest absolute Gasteiger partial charge is 0.392 e. The molecule has 0 aromatic carbocycles. The molecule has 0 radical (unpaired) electrons. The van der Waals surface area contributed by atoms with E-state index < -0.39 is 6.10 Å². The Morgan fingerprint density at radius 3 is 2.50 bits per heavy atom. The molecule has 2 atom stereocenters. The van der Waals surface area contributed by atoms with Gasteiger partial charge in [-0.25, -0.2) is 0 Å². The summed E-state index contributed by atoms with van der Waals surface area (Å²) < 4.78 is 0. The molecule has 0 spiro atoms. The highest BCUT2D eigenvalue weighted by Crippen LogP contribution is 1.96. The lowest BCUT2D eigenvalue weighted by molar-refractivity contribution is -0.459. The summed E-state index contributed by atoms with van der Waals surface area (Å²) in [7, 11) is 0. The number of hydrogen-bond acceptors (Lipinski definition) is 2. The lowest BCUT2D eigenvalue weighted by Gasteiger charge is -2.12. The smallest absolute Gasteiger partial charge is 0.338 e. The summed E-state index contributed by atoms with van der Waals surface area (Å²) in [5.74, 6) is 0.223. The molecule has 5 nitrogen and oxygen atoms in total. The second-order valence-electron chi connectivity index (χ2n) is 2.93. The summed E-state index contributed by atoms with van der Waals surface area (Å²) in [5.41, 5.74) is 15.9. The first-order valence-electron chi connectivity index (χ1n) is 4.09. The number of nitrogens with two attached hydrogens (primary N) is 3. The molecule has 0 heterocycles. The maximum atomic E-state index is 9.03. The van der Waals surface area contributed by atoms with Gasteiger partial charge in [0.1, 0.15) is 0 Å². The standard InChI is InChI=1S/C7H18N4O/c1-5(12)6(8)3-2-4-11-7(9)10/h5-6,12H,2-4,8H2,1H3,(H4,9,10,11)/p+1. The molecule has 0 bridgehead atoms. The van der Waals surface area contributed by atoms with Crippen LogP contribution in [0.25, 0.3) is 0 Å². The number of hydrogen-bond donors (Lipinski definition) is 5. The Kier molecular flexibility index (Phi) is 5.40. The van der Waals surface area contributed by atoms with Crippen molar-refractivity contribution in [1.82, 2.24) is 0 Å². The summed E-state index contributed by atoms with van der Waals surface area (Å²) in [6.45, 7) is 2.38. The van der Waals surface area contributed by atoms with Crippen LogP contribution in [-0.4, -0.2) is 29.8 Å². The highest BCUT2D eigenvalue weighted by atomic mass is 16.3. The van der Waals surface area contributed by atoms with E-state index >= 15 is 0 Å². The summed E-state index contributed by atoms with van der Waals surface area (Å²) in [6, 6.07) is -0.161. The summed E-state index contributed by atoms with van der Waals surface area (Å²) in [4.78, 5) is 2.77. The molecule has 0 aromatic rings. The first-order valence-corrected chi connectivity index (χ1v) is 4.09. The van der Waals surface area contributed by atoms with Crippen LogP contribution in [0.3, 0.4) is 0 Å². The van der Waals surface area contributed by atoms with Crippen LogP contribution in [0.4, 0.5) is 0 Å². The van der Waals surface area contributed by atoms with Crippen LogP contribution < -0.4 is 22.2 Å². The predicted molar refractivity (Wildman–Crippen MR) is 48.1 cm³/mol. The van der Waals surface area contributed by atoms with Crippen molar-refractivity contribution in [3.05, 3.63) is 0 Å². The van der Waals surface area contributed by atoms with Gasteiger partial charge in [0.25, 0.3) is 0 Å². The molecule has 0 amide bonds. The average Bonchev–Trinajstić information content (AvgIpc) is 1.97.